The normalized spacial score (nSPS) is 10.7. The zero-order valence-electron chi connectivity index (χ0n) is 10.4. The van der Waals surface area contributed by atoms with Crippen LogP contribution < -0.4 is 0 Å². The van der Waals surface area contributed by atoms with Gasteiger partial charge < -0.3 is 0 Å². The monoisotopic (exact) mass is 272 g/mol. The van der Waals surface area contributed by atoms with Gasteiger partial charge in [0, 0.05) is 11.1 Å². The van der Waals surface area contributed by atoms with Crippen molar-refractivity contribution < 1.29 is 8.78 Å². The third-order valence-corrected chi connectivity index (χ3v) is 2.82. The molecule has 0 aliphatic rings. The Kier molecular flexibility index (Phi) is 3.20. The van der Waals surface area contributed by atoms with Gasteiger partial charge in [0.05, 0.1) is 6.54 Å². The molecule has 0 saturated carbocycles. The Labute approximate surface area is 113 Å². The number of hydrogen-bond acceptors (Lipinski definition) is 3. The SMILES string of the molecule is Fc1ccc(-c2nnn(Cc3ccccc3F)n2)cc1. The summed E-state index contributed by atoms with van der Waals surface area (Å²) < 4.78 is 26.4. The predicted molar refractivity (Wildman–Crippen MR) is 68.7 cm³/mol. The average molecular weight is 272 g/mol. The van der Waals surface area contributed by atoms with Gasteiger partial charge in [-0.25, -0.2) is 8.78 Å². The predicted octanol–water partition coefficient (Wildman–Crippen LogP) is 2.67. The number of tetrazole rings is 1. The number of benzene rings is 2. The van der Waals surface area contributed by atoms with Gasteiger partial charge >= 0.3 is 0 Å². The van der Waals surface area contributed by atoms with Crippen LogP contribution in [0, 0.1) is 11.6 Å². The first-order chi connectivity index (χ1) is 9.72. The molecule has 0 amide bonds. The average Bonchev–Trinajstić information content (AvgIpc) is 2.91. The molecule has 0 bridgehead atoms. The van der Waals surface area contributed by atoms with Crippen LogP contribution in [0.2, 0.25) is 0 Å². The molecule has 0 aliphatic heterocycles. The quantitative estimate of drug-likeness (QED) is 0.736. The van der Waals surface area contributed by atoms with Crippen molar-refractivity contribution in [3.05, 3.63) is 65.7 Å². The third-order valence-electron chi connectivity index (χ3n) is 2.82. The molecule has 0 saturated heterocycles. The molecule has 0 aliphatic carbocycles. The minimum absolute atomic E-state index is 0.195. The Morgan fingerprint density at radius 1 is 0.950 bits per heavy atom. The second-order valence-electron chi connectivity index (χ2n) is 4.24. The first-order valence-electron chi connectivity index (χ1n) is 5.99. The Hall–Kier alpha value is -2.63. The molecule has 0 fully saturated rings. The van der Waals surface area contributed by atoms with E-state index in [-0.39, 0.29) is 18.2 Å². The van der Waals surface area contributed by atoms with Gasteiger partial charge in [0.15, 0.2) is 0 Å². The number of aromatic nitrogens is 4. The summed E-state index contributed by atoms with van der Waals surface area (Å²) in [5.74, 6) is -0.262. The van der Waals surface area contributed by atoms with Gasteiger partial charge in [0.2, 0.25) is 5.82 Å². The highest BCUT2D eigenvalue weighted by Gasteiger charge is 2.08. The van der Waals surface area contributed by atoms with Crippen LogP contribution in [0.3, 0.4) is 0 Å². The standard InChI is InChI=1S/C14H10F2N4/c15-12-7-5-10(6-8-12)14-17-19-20(18-14)9-11-3-1-2-4-13(11)16/h1-8H,9H2. The molecule has 100 valence electrons. The molecule has 3 rings (SSSR count). The molecular formula is C14H10F2N4. The molecule has 20 heavy (non-hydrogen) atoms. The molecule has 2 aromatic carbocycles. The zero-order chi connectivity index (χ0) is 13.9. The highest BCUT2D eigenvalue weighted by Crippen LogP contribution is 2.14. The van der Waals surface area contributed by atoms with Crippen LogP contribution in [0.5, 0.6) is 0 Å². The first kappa shape index (κ1) is 12.4. The van der Waals surface area contributed by atoms with E-state index in [0.717, 1.165) is 0 Å². The van der Waals surface area contributed by atoms with E-state index in [1.165, 1.54) is 23.0 Å². The Balaban J connectivity index is 1.84. The van der Waals surface area contributed by atoms with Crippen LogP contribution >= 0.6 is 0 Å². The number of halogens is 2. The highest BCUT2D eigenvalue weighted by atomic mass is 19.1. The van der Waals surface area contributed by atoms with Gasteiger partial charge in [-0.3, -0.25) is 0 Å². The number of hydrogen-bond donors (Lipinski definition) is 0. The topological polar surface area (TPSA) is 43.6 Å². The van der Waals surface area contributed by atoms with E-state index in [0.29, 0.717) is 17.0 Å². The fourth-order valence-electron chi connectivity index (χ4n) is 1.80. The van der Waals surface area contributed by atoms with Crippen molar-refractivity contribution in [3.8, 4) is 11.4 Å². The van der Waals surface area contributed by atoms with E-state index in [1.54, 1.807) is 30.3 Å². The van der Waals surface area contributed by atoms with Crippen LogP contribution in [0.15, 0.2) is 48.5 Å². The lowest BCUT2D eigenvalue weighted by Crippen LogP contribution is -2.05. The van der Waals surface area contributed by atoms with Gasteiger partial charge in [-0.05, 0) is 35.5 Å². The molecule has 6 heteroatoms. The van der Waals surface area contributed by atoms with E-state index < -0.39 is 0 Å². The summed E-state index contributed by atoms with van der Waals surface area (Å²) >= 11 is 0. The lowest BCUT2D eigenvalue weighted by atomic mass is 10.2. The van der Waals surface area contributed by atoms with Crippen LogP contribution in [-0.4, -0.2) is 20.2 Å². The molecule has 4 nitrogen and oxygen atoms in total. The van der Waals surface area contributed by atoms with E-state index in [2.05, 4.69) is 15.4 Å². The Morgan fingerprint density at radius 3 is 2.45 bits per heavy atom. The van der Waals surface area contributed by atoms with Crippen LogP contribution in [0.4, 0.5) is 8.78 Å². The first-order valence-corrected chi connectivity index (χ1v) is 5.99. The minimum Gasteiger partial charge on any atom is -0.207 e. The molecule has 0 spiro atoms. The summed E-state index contributed by atoms with van der Waals surface area (Å²) in [4.78, 5) is 1.30. The Morgan fingerprint density at radius 2 is 1.70 bits per heavy atom. The van der Waals surface area contributed by atoms with E-state index in [1.807, 2.05) is 0 Å². The molecule has 3 aromatic rings. The molecule has 1 aromatic heterocycles. The largest absolute Gasteiger partial charge is 0.207 e. The van der Waals surface area contributed by atoms with Gasteiger partial charge in [-0.1, -0.05) is 18.2 Å². The van der Waals surface area contributed by atoms with E-state index in [4.69, 9.17) is 0 Å². The maximum absolute atomic E-state index is 13.5. The Bertz CT molecular complexity index is 722. The maximum atomic E-state index is 13.5. The second-order valence-corrected chi connectivity index (χ2v) is 4.24. The number of nitrogens with zero attached hydrogens (tertiary/aromatic N) is 4. The summed E-state index contributed by atoms with van der Waals surface area (Å²) in [5, 5.41) is 11.9. The zero-order valence-corrected chi connectivity index (χ0v) is 10.4. The lowest BCUT2D eigenvalue weighted by Gasteiger charge is -2.00. The molecule has 0 atom stereocenters. The molecule has 1 heterocycles. The summed E-state index contributed by atoms with van der Waals surface area (Å²) in [6.45, 7) is 0.195. The van der Waals surface area contributed by atoms with Crippen molar-refractivity contribution in [2.45, 2.75) is 6.54 Å². The summed E-state index contributed by atoms with van der Waals surface area (Å²) in [6, 6.07) is 12.2. The van der Waals surface area contributed by atoms with Gasteiger partial charge in [-0.15, -0.1) is 10.2 Å². The summed E-state index contributed by atoms with van der Waals surface area (Å²) in [5.41, 5.74) is 1.14. The van der Waals surface area contributed by atoms with Crippen molar-refractivity contribution >= 4 is 0 Å². The van der Waals surface area contributed by atoms with Crippen LogP contribution in [0.25, 0.3) is 11.4 Å². The molecule has 0 unspecified atom stereocenters. The summed E-state index contributed by atoms with van der Waals surface area (Å²) in [7, 11) is 0. The van der Waals surface area contributed by atoms with Gasteiger partial charge in [0.25, 0.3) is 0 Å². The van der Waals surface area contributed by atoms with Crippen molar-refractivity contribution in [2.75, 3.05) is 0 Å². The van der Waals surface area contributed by atoms with Crippen LogP contribution in [-0.2, 0) is 6.54 Å². The fraction of sp³-hybridized carbons (Fsp3) is 0.0714. The summed E-state index contributed by atoms with van der Waals surface area (Å²) in [6.07, 6.45) is 0. The van der Waals surface area contributed by atoms with Crippen LogP contribution in [0.1, 0.15) is 5.56 Å². The fourth-order valence-corrected chi connectivity index (χ4v) is 1.80. The van der Waals surface area contributed by atoms with Crippen molar-refractivity contribution in [3.63, 3.8) is 0 Å². The molecule has 0 radical (unpaired) electrons. The van der Waals surface area contributed by atoms with Crippen molar-refractivity contribution in [1.82, 2.24) is 20.2 Å². The van der Waals surface area contributed by atoms with E-state index in [9.17, 15) is 8.78 Å². The van der Waals surface area contributed by atoms with E-state index >= 15 is 0 Å². The van der Waals surface area contributed by atoms with Crippen molar-refractivity contribution in [1.29, 1.82) is 0 Å². The third kappa shape index (κ3) is 2.54. The lowest BCUT2D eigenvalue weighted by molar-refractivity contribution is 0.539. The van der Waals surface area contributed by atoms with Crippen molar-refractivity contribution in [2.24, 2.45) is 0 Å². The second kappa shape index (κ2) is 5.16. The van der Waals surface area contributed by atoms with Gasteiger partial charge in [-0.2, -0.15) is 4.80 Å². The minimum atomic E-state index is -0.326. The number of rotatable bonds is 3. The van der Waals surface area contributed by atoms with Gasteiger partial charge in [0.1, 0.15) is 11.6 Å². The molecule has 0 N–H and O–H groups in total. The maximum Gasteiger partial charge on any atom is 0.204 e. The smallest absolute Gasteiger partial charge is 0.204 e. The molecular weight excluding hydrogens is 262 g/mol. The highest BCUT2D eigenvalue weighted by molar-refractivity contribution is 5.53.